The van der Waals surface area contributed by atoms with E-state index in [1.165, 1.54) is 12.1 Å². The van der Waals surface area contributed by atoms with Crippen LogP contribution in [-0.4, -0.2) is 26.3 Å². The maximum Gasteiger partial charge on any atom is 0.319 e. The molecule has 0 aromatic heterocycles. The van der Waals surface area contributed by atoms with E-state index in [0.29, 0.717) is 23.3 Å². The summed E-state index contributed by atoms with van der Waals surface area (Å²) in [6, 6.07) is 4.04. The molecule has 0 aliphatic heterocycles. The number of ether oxygens (including phenoxy) is 1. The highest BCUT2D eigenvalue weighted by Crippen LogP contribution is 2.19. The number of anilines is 1. The number of methoxy groups -OCH3 is 1. The highest BCUT2D eigenvalue weighted by molar-refractivity contribution is 9.10. The summed E-state index contributed by atoms with van der Waals surface area (Å²) in [5.41, 5.74) is 0.412. The molecule has 0 aliphatic rings. The molecule has 0 unspecified atom stereocenters. The van der Waals surface area contributed by atoms with E-state index in [2.05, 4.69) is 26.6 Å². The van der Waals surface area contributed by atoms with Crippen molar-refractivity contribution in [2.45, 2.75) is 6.42 Å². The molecule has 1 aromatic rings. The number of amides is 2. The van der Waals surface area contributed by atoms with Crippen molar-refractivity contribution in [2.24, 2.45) is 0 Å². The van der Waals surface area contributed by atoms with Gasteiger partial charge in [-0.15, -0.1) is 0 Å². The third-order valence-corrected chi connectivity index (χ3v) is 2.63. The molecule has 17 heavy (non-hydrogen) atoms. The van der Waals surface area contributed by atoms with Gasteiger partial charge in [0.1, 0.15) is 5.82 Å². The molecule has 0 atom stereocenters. The van der Waals surface area contributed by atoms with Gasteiger partial charge in [0.25, 0.3) is 0 Å². The van der Waals surface area contributed by atoms with Crippen LogP contribution in [0.15, 0.2) is 22.7 Å². The number of rotatable bonds is 5. The Morgan fingerprint density at radius 1 is 1.53 bits per heavy atom. The standard InChI is InChI=1S/C11H14BrFN2O2/c1-17-6-2-5-14-11(16)15-8-3-4-9(12)10(13)7-8/h3-4,7H,2,5-6H2,1H3,(H2,14,15,16). The average Bonchev–Trinajstić information content (AvgIpc) is 2.30. The molecule has 1 rings (SSSR count). The number of urea groups is 1. The predicted octanol–water partition coefficient (Wildman–Crippen LogP) is 2.75. The van der Waals surface area contributed by atoms with Gasteiger partial charge >= 0.3 is 6.03 Å². The normalized spacial score (nSPS) is 10.1. The van der Waals surface area contributed by atoms with Gasteiger partial charge in [0.15, 0.2) is 0 Å². The zero-order chi connectivity index (χ0) is 12.7. The molecule has 0 saturated carbocycles. The zero-order valence-electron chi connectivity index (χ0n) is 9.43. The number of carbonyl (C=O) groups excluding carboxylic acids is 1. The third-order valence-electron chi connectivity index (χ3n) is 1.99. The topological polar surface area (TPSA) is 50.4 Å². The van der Waals surface area contributed by atoms with Crippen molar-refractivity contribution in [3.63, 3.8) is 0 Å². The highest BCUT2D eigenvalue weighted by Gasteiger charge is 2.04. The quantitative estimate of drug-likeness (QED) is 0.822. The summed E-state index contributed by atoms with van der Waals surface area (Å²) in [5.74, 6) is -0.415. The zero-order valence-corrected chi connectivity index (χ0v) is 11.0. The van der Waals surface area contributed by atoms with Gasteiger partial charge in [-0.3, -0.25) is 0 Å². The summed E-state index contributed by atoms with van der Waals surface area (Å²) >= 11 is 3.04. The van der Waals surface area contributed by atoms with Gasteiger partial charge in [0.05, 0.1) is 4.47 Å². The first-order valence-corrected chi connectivity index (χ1v) is 5.91. The summed E-state index contributed by atoms with van der Waals surface area (Å²) < 4.78 is 18.4. The number of halogens is 2. The van der Waals surface area contributed by atoms with Crippen LogP contribution in [0.3, 0.4) is 0 Å². The minimum atomic E-state index is -0.415. The third kappa shape index (κ3) is 5.14. The fraction of sp³-hybridized carbons (Fsp3) is 0.364. The van der Waals surface area contributed by atoms with Crippen LogP contribution in [0.5, 0.6) is 0 Å². The molecule has 1 aromatic carbocycles. The summed E-state index contributed by atoms with van der Waals surface area (Å²) in [6.07, 6.45) is 0.735. The Labute approximate surface area is 108 Å². The van der Waals surface area contributed by atoms with Crippen LogP contribution in [0.25, 0.3) is 0 Å². The molecule has 94 valence electrons. The van der Waals surface area contributed by atoms with Crippen molar-refractivity contribution in [1.82, 2.24) is 5.32 Å². The fourth-order valence-corrected chi connectivity index (χ4v) is 1.41. The largest absolute Gasteiger partial charge is 0.385 e. The Hall–Kier alpha value is -1.14. The Balaban J connectivity index is 2.37. The molecular weight excluding hydrogens is 291 g/mol. The molecule has 6 heteroatoms. The maximum atomic E-state index is 13.1. The van der Waals surface area contributed by atoms with Gasteiger partial charge in [-0.2, -0.15) is 0 Å². The van der Waals surface area contributed by atoms with Gasteiger partial charge in [0.2, 0.25) is 0 Å². The summed E-state index contributed by atoms with van der Waals surface area (Å²) in [7, 11) is 1.60. The number of hydrogen-bond donors (Lipinski definition) is 2. The first kappa shape index (κ1) is 13.9. The molecule has 0 aliphatic carbocycles. The SMILES string of the molecule is COCCCNC(=O)Nc1ccc(Br)c(F)c1. The lowest BCUT2D eigenvalue weighted by Crippen LogP contribution is -2.30. The molecule has 0 fully saturated rings. The van der Waals surface area contributed by atoms with Crippen molar-refractivity contribution in [1.29, 1.82) is 0 Å². The number of benzene rings is 1. The Bertz CT molecular complexity index is 388. The van der Waals surface area contributed by atoms with Crippen LogP contribution in [0, 0.1) is 5.82 Å². The monoisotopic (exact) mass is 304 g/mol. The second-order valence-corrected chi connectivity index (χ2v) is 4.21. The van der Waals surface area contributed by atoms with Gasteiger partial charge in [-0.05, 0) is 40.5 Å². The van der Waals surface area contributed by atoms with E-state index < -0.39 is 5.82 Å². The lowest BCUT2D eigenvalue weighted by atomic mass is 10.3. The maximum absolute atomic E-state index is 13.1. The van der Waals surface area contributed by atoms with Crippen molar-refractivity contribution in [3.05, 3.63) is 28.5 Å². The molecule has 2 N–H and O–H groups in total. The van der Waals surface area contributed by atoms with E-state index in [4.69, 9.17) is 4.74 Å². The first-order chi connectivity index (χ1) is 8.13. The van der Waals surface area contributed by atoms with Crippen LogP contribution < -0.4 is 10.6 Å². The fourth-order valence-electron chi connectivity index (χ4n) is 1.17. The molecular formula is C11H14BrFN2O2. The lowest BCUT2D eigenvalue weighted by Gasteiger charge is -2.07. The summed E-state index contributed by atoms with van der Waals surface area (Å²) in [4.78, 5) is 11.4. The van der Waals surface area contributed by atoms with Crippen molar-refractivity contribution in [3.8, 4) is 0 Å². The smallest absolute Gasteiger partial charge is 0.319 e. The van der Waals surface area contributed by atoms with Crippen LogP contribution in [0.2, 0.25) is 0 Å². The molecule has 0 saturated heterocycles. The van der Waals surface area contributed by atoms with Crippen molar-refractivity contribution in [2.75, 3.05) is 25.6 Å². The van der Waals surface area contributed by atoms with Gasteiger partial charge in [0, 0.05) is 25.9 Å². The van der Waals surface area contributed by atoms with E-state index in [1.807, 2.05) is 0 Å². The van der Waals surface area contributed by atoms with Crippen LogP contribution in [0.1, 0.15) is 6.42 Å². The first-order valence-electron chi connectivity index (χ1n) is 5.12. The Morgan fingerprint density at radius 2 is 2.29 bits per heavy atom. The molecule has 4 nitrogen and oxygen atoms in total. The molecule has 0 spiro atoms. The minimum absolute atomic E-state index is 0.358. The molecule has 0 bridgehead atoms. The van der Waals surface area contributed by atoms with Crippen molar-refractivity contribution < 1.29 is 13.9 Å². The van der Waals surface area contributed by atoms with Gasteiger partial charge < -0.3 is 15.4 Å². The second kappa shape index (κ2) is 7.24. The van der Waals surface area contributed by atoms with Gasteiger partial charge in [-0.1, -0.05) is 0 Å². The molecule has 0 heterocycles. The number of hydrogen-bond acceptors (Lipinski definition) is 2. The predicted molar refractivity (Wildman–Crippen MR) is 67.6 cm³/mol. The Morgan fingerprint density at radius 3 is 2.94 bits per heavy atom. The van der Waals surface area contributed by atoms with Crippen LogP contribution in [0.4, 0.5) is 14.9 Å². The van der Waals surface area contributed by atoms with Crippen LogP contribution >= 0.6 is 15.9 Å². The number of carbonyl (C=O) groups is 1. The van der Waals surface area contributed by atoms with E-state index in [-0.39, 0.29) is 6.03 Å². The van der Waals surface area contributed by atoms with Crippen molar-refractivity contribution >= 4 is 27.6 Å². The average molecular weight is 305 g/mol. The minimum Gasteiger partial charge on any atom is -0.385 e. The van der Waals surface area contributed by atoms with Gasteiger partial charge in [-0.25, -0.2) is 9.18 Å². The van der Waals surface area contributed by atoms with E-state index in [0.717, 1.165) is 6.42 Å². The van der Waals surface area contributed by atoms with E-state index >= 15 is 0 Å². The van der Waals surface area contributed by atoms with E-state index in [1.54, 1.807) is 13.2 Å². The molecule has 0 radical (unpaired) electrons. The van der Waals surface area contributed by atoms with Crippen LogP contribution in [-0.2, 0) is 4.74 Å². The van der Waals surface area contributed by atoms with E-state index in [9.17, 15) is 9.18 Å². The highest BCUT2D eigenvalue weighted by atomic mass is 79.9. The summed E-state index contributed by atoms with van der Waals surface area (Å²) in [6.45, 7) is 1.10. The Kier molecular flexibility index (Phi) is 5.93. The number of nitrogens with one attached hydrogen (secondary N) is 2. The second-order valence-electron chi connectivity index (χ2n) is 3.36. The lowest BCUT2D eigenvalue weighted by molar-refractivity contribution is 0.194. The summed E-state index contributed by atoms with van der Waals surface area (Å²) in [5, 5.41) is 5.17. The molecule has 2 amide bonds.